The standard InChI is InChI=1S/C21H19F3N4O3S/c1-13-7-8-25-20(27-13)32-12-14-9-17(18(30-2)10-26-14)31-11-19(29)28-16-6-4-3-5-15(16)21(22,23)24/h3-10H,11-12H2,1-2H3,(H,28,29). The van der Waals surface area contributed by atoms with Gasteiger partial charge in [-0.25, -0.2) is 9.97 Å². The lowest BCUT2D eigenvalue weighted by Gasteiger charge is -2.14. The summed E-state index contributed by atoms with van der Waals surface area (Å²) in [7, 11) is 1.42. The highest BCUT2D eigenvalue weighted by atomic mass is 32.2. The van der Waals surface area contributed by atoms with Gasteiger partial charge in [-0.1, -0.05) is 23.9 Å². The largest absolute Gasteiger partial charge is 0.491 e. The van der Waals surface area contributed by atoms with Crippen molar-refractivity contribution in [2.45, 2.75) is 24.0 Å². The second kappa shape index (κ2) is 10.3. The Hall–Kier alpha value is -3.34. The summed E-state index contributed by atoms with van der Waals surface area (Å²) in [5.41, 5.74) is 0.184. The van der Waals surface area contributed by atoms with Crippen molar-refractivity contribution in [1.29, 1.82) is 0 Å². The van der Waals surface area contributed by atoms with Crippen LogP contribution in [0.1, 0.15) is 17.0 Å². The third kappa shape index (κ3) is 6.33. The number of carbonyl (C=O) groups excluding carboxylic acids is 1. The molecule has 0 saturated heterocycles. The number of thioether (sulfide) groups is 1. The van der Waals surface area contributed by atoms with E-state index in [0.717, 1.165) is 11.8 Å². The number of alkyl halides is 3. The van der Waals surface area contributed by atoms with Gasteiger partial charge in [0.15, 0.2) is 23.3 Å². The Morgan fingerprint density at radius 1 is 1.16 bits per heavy atom. The number of benzene rings is 1. The predicted molar refractivity (Wildman–Crippen MR) is 113 cm³/mol. The fraction of sp³-hybridized carbons (Fsp3) is 0.238. The molecule has 3 aromatic rings. The van der Waals surface area contributed by atoms with Crippen molar-refractivity contribution in [3.8, 4) is 11.5 Å². The molecule has 168 valence electrons. The van der Waals surface area contributed by atoms with Gasteiger partial charge < -0.3 is 14.8 Å². The van der Waals surface area contributed by atoms with Crippen LogP contribution in [-0.2, 0) is 16.7 Å². The van der Waals surface area contributed by atoms with Gasteiger partial charge in [0.25, 0.3) is 5.91 Å². The molecule has 0 aliphatic carbocycles. The SMILES string of the molecule is COc1cnc(CSc2nccc(C)n2)cc1OCC(=O)Nc1ccccc1C(F)(F)F. The van der Waals surface area contributed by atoms with Crippen molar-refractivity contribution in [2.75, 3.05) is 19.0 Å². The molecule has 11 heteroatoms. The number of pyridine rings is 1. The van der Waals surface area contributed by atoms with E-state index in [4.69, 9.17) is 9.47 Å². The van der Waals surface area contributed by atoms with E-state index in [2.05, 4.69) is 20.3 Å². The van der Waals surface area contributed by atoms with Gasteiger partial charge in [-0.3, -0.25) is 9.78 Å². The third-order valence-electron chi connectivity index (χ3n) is 4.10. The molecule has 0 bridgehead atoms. The van der Waals surface area contributed by atoms with Gasteiger partial charge >= 0.3 is 6.18 Å². The number of methoxy groups -OCH3 is 1. The normalized spacial score (nSPS) is 11.2. The Kier molecular flexibility index (Phi) is 7.52. The minimum Gasteiger partial charge on any atom is -0.491 e. The van der Waals surface area contributed by atoms with Gasteiger partial charge in [0, 0.05) is 23.7 Å². The van der Waals surface area contributed by atoms with Crippen molar-refractivity contribution in [1.82, 2.24) is 15.0 Å². The molecule has 1 aromatic carbocycles. The molecule has 0 spiro atoms. The van der Waals surface area contributed by atoms with Crippen molar-refractivity contribution >= 4 is 23.4 Å². The van der Waals surface area contributed by atoms with Gasteiger partial charge in [0.2, 0.25) is 0 Å². The average Bonchev–Trinajstić information content (AvgIpc) is 2.76. The maximum Gasteiger partial charge on any atom is 0.418 e. The summed E-state index contributed by atoms with van der Waals surface area (Å²) in [6.07, 6.45) is -1.48. The Morgan fingerprint density at radius 2 is 1.94 bits per heavy atom. The van der Waals surface area contributed by atoms with E-state index in [1.54, 1.807) is 18.3 Å². The highest BCUT2D eigenvalue weighted by Crippen LogP contribution is 2.34. The van der Waals surface area contributed by atoms with Crippen LogP contribution < -0.4 is 14.8 Å². The topological polar surface area (TPSA) is 86.2 Å². The third-order valence-corrected chi connectivity index (χ3v) is 4.99. The summed E-state index contributed by atoms with van der Waals surface area (Å²) in [6, 6.07) is 8.11. The molecule has 0 fully saturated rings. The molecule has 2 aromatic heterocycles. The quantitative estimate of drug-likeness (QED) is 0.388. The van der Waals surface area contributed by atoms with E-state index in [9.17, 15) is 18.0 Å². The lowest BCUT2D eigenvalue weighted by molar-refractivity contribution is -0.137. The lowest BCUT2D eigenvalue weighted by atomic mass is 10.1. The molecule has 0 atom stereocenters. The summed E-state index contributed by atoms with van der Waals surface area (Å²) in [4.78, 5) is 25.0. The first-order valence-electron chi connectivity index (χ1n) is 9.30. The van der Waals surface area contributed by atoms with Gasteiger partial charge in [0.1, 0.15) is 0 Å². The fourth-order valence-corrected chi connectivity index (χ4v) is 3.39. The molecule has 0 unspecified atom stereocenters. The second-order valence-electron chi connectivity index (χ2n) is 6.48. The minimum absolute atomic E-state index is 0.238. The van der Waals surface area contributed by atoms with Crippen LogP contribution in [-0.4, -0.2) is 34.6 Å². The van der Waals surface area contributed by atoms with Crippen LogP contribution in [0, 0.1) is 6.92 Å². The number of aryl methyl sites for hydroxylation is 1. The number of halogens is 3. The van der Waals surface area contributed by atoms with Crippen LogP contribution in [0.5, 0.6) is 11.5 Å². The van der Waals surface area contributed by atoms with Crippen LogP contribution in [0.15, 0.2) is 53.9 Å². The lowest BCUT2D eigenvalue weighted by Crippen LogP contribution is -2.22. The maximum absolute atomic E-state index is 13.1. The number of nitrogens with zero attached hydrogens (tertiary/aromatic N) is 3. The molecule has 3 rings (SSSR count). The van der Waals surface area contributed by atoms with Gasteiger partial charge in [0.05, 0.1) is 30.3 Å². The molecule has 0 aliphatic heterocycles. The van der Waals surface area contributed by atoms with E-state index in [0.29, 0.717) is 16.6 Å². The summed E-state index contributed by atoms with van der Waals surface area (Å²) in [5.74, 6) is 0.218. The number of nitrogens with one attached hydrogen (secondary N) is 1. The second-order valence-corrected chi connectivity index (χ2v) is 7.42. The van der Waals surface area contributed by atoms with Gasteiger partial charge in [-0.15, -0.1) is 0 Å². The molecule has 1 N–H and O–H groups in total. The number of aromatic nitrogens is 3. The summed E-state index contributed by atoms with van der Waals surface area (Å²) in [6.45, 7) is 1.35. The number of hydrogen-bond donors (Lipinski definition) is 1. The molecule has 0 saturated carbocycles. The Morgan fingerprint density at radius 3 is 2.66 bits per heavy atom. The van der Waals surface area contributed by atoms with E-state index >= 15 is 0 Å². The molecule has 0 radical (unpaired) electrons. The Balaban J connectivity index is 1.65. The Bertz CT molecular complexity index is 1100. The summed E-state index contributed by atoms with van der Waals surface area (Å²) < 4.78 is 50.0. The van der Waals surface area contributed by atoms with Crippen LogP contribution in [0.4, 0.5) is 18.9 Å². The number of hydrogen-bond acceptors (Lipinski definition) is 7. The summed E-state index contributed by atoms with van der Waals surface area (Å²) in [5, 5.41) is 2.82. The zero-order chi connectivity index (χ0) is 23.1. The Labute approximate surface area is 186 Å². The average molecular weight is 464 g/mol. The number of amides is 1. The fourth-order valence-electron chi connectivity index (χ4n) is 2.61. The predicted octanol–water partition coefficient (Wildman–Crippen LogP) is 4.52. The highest BCUT2D eigenvalue weighted by molar-refractivity contribution is 7.98. The highest BCUT2D eigenvalue weighted by Gasteiger charge is 2.33. The first-order chi connectivity index (χ1) is 15.3. The van der Waals surface area contributed by atoms with Crippen molar-refractivity contribution in [3.63, 3.8) is 0 Å². The smallest absolute Gasteiger partial charge is 0.418 e. The number of carbonyl (C=O) groups is 1. The molecular weight excluding hydrogens is 445 g/mol. The number of ether oxygens (including phenoxy) is 2. The zero-order valence-corrected chi connectivity index (χ0v) is 18.0. The molecule has 1 amide bonds. The van der Waals surface area contributed by atoms with Crippen LogP contribution in [0.2, 0.25) is 0 Å². The first-order valence-corrected chi connectivity index (χ1v) is 10.3. The van der Waals surface area contributed by atoms with Crippen LogP contribution in [0.3, 0.4) is 0 Å². The van der Waals surface area contributed by atoms with E-state index < -0.39 is 24.3 Å². The molecular formula is C21H19F3N4O3S. The van der Waals surface area contributed by atoms with Crippen LogP contribution in [0.25, 0.3) is 0 Å². The van der Waals surface area contributed by atoms with Crippen LogP contribution >= 0.6 is 11.8 Å². The van der Waals surface area contributed by atoms with E-state index in [1.165, 1.54) is 43.3 Å². The van der Waals surface area contributed by atoms with Crippen molar-refractivity contribution in [3.05, 3.63) is 65.7 Å². The number of anilines is 1. The maximum atomic E-state index is 13.1. The molecule has 2 heterocycles. The van der Waals surface area contributed by atoms with Crippen molar-refractivity contribution in [2.24, 2.45) is 0 Å². The molecule has 0 aliphatic rings. The molecule has 32 heavy (non-hydrogen) atoms. The molecule has 7 nitrogen and oxygen atoms in total. The summed E-state index contributed by atoms with van der Waals surface area (Å²) >= 11 is 1.37. The monoisotopic (exact) mass is 464 g/mol. The van der Waals surface area contributed by atoms with E-state index in [1.807, 2.05) is 6.92 Å². The van der Waals surface area contributed by atoms with Crippen molar-refractivity contribution < 1.29 is 27.4 Å². The van der Waals surface area contributed by atoms with E-state index in [-0.39, 0.29) is 17.2 Å². The first kappa shape index (κ1) is 23.3. The number of para-hydroxylation sites is 1. The van der Waals surface area contributed by atoms with Gasteiger partial charge in [-0.2, -0.15) is 13.2 Å². The number of rotatable bonds is 8. The van der Waals surface area contributed by atoms with Gasteiger partial charge in [-0.05, 0) is 25.1 Å². The zero-order valence-electron chi connectivity index (χ0n) is 17.1. The minimum atomic E-state index is -4.59.